The molecule has 0 bridgehead atoms. The van der Waals surface area contributed by atoms with E-state index in [2.05, 4.69) is 8.60 Å². The predicted octanol–water partition coefficient (Wildman–Crippen LogP) is 2.94. The lowest BCUT2D eigenvalue weighted by molar-refractivity contribution is 0.275. The van der Waals surface area contributed by atoms with E-state index >= 15 is 0 Å². The lowest BCUT2D eigenvalue weighted by Gasteiger charge is -2.02. The first-order valence-corrected chi connectivity index (χ1v) is 5.47. The topological polar surface area (TPSA) is 55.8 Å². The third-order valence-electron chi connectivity index (χ3n) is 1.34. The van der Waals surface area contributed by atoms with E-state index in [-0.39, 0.29) is 0 Å². The SMILES string of the molecule is O=P(O)(OCl)O/C=C/c1ccccc1. The van der Waals surface area contributed by atoms with E-state index in [9.17, 15) is 4.57 Å². The molecule has 76 valence electrons. The second-order valence-corrected chi connectivity index (χ2v) is 4.06. The van der Waals surface area contributed by atoms with Gasteiger partial charge < -0.3 is 4.52 Å². The normalized spacial score (nSPS) is 15.3. The molecule has 0 radical (unpaired) electrons. The van der Waals surface area contributed by atoms with Gasteiger partial charge in [0.15, 0.2) is 0 Å². The van der Waals surface area contributed by atoms with Crippen molar-refractivity contribution in [1.29, 1.82) is 0 Å². The van der Waals surface area contributed by atoms with Gasteiger partial charge in [-0.25, -0.2) is 4.57 Å². The molecule has 14 heavy (non-hydrogen) atoms. The van der Waals surface area contributed by atoms with Crippen LogP contribution in [-0.4, -0.2) is 4.89 Å². The van der Waals surface area contributed by atoms with Gasteiger partial charge in [-0.3, -0.25) is 4.89 Å². The molecule has 0 aliphatic rings. The Hall–Kier alpha value is -0.800. The van der Waals surface area contributed by atoms with Gasteiger partial charge in [0.1, 0.15) is 0 Å². The summed E-state index contributed by atoms with van der Waals surface area (Å²) in [5, 5.41) is 0. The maximum atomic E-state index is 10.7. The summed E-state index contributed by atoms with van der Waals surface area (Å²) in [5.41, 5.74) is 0.835. The van der Waals surface area contributed by atoms with E-state index in [4.69, 9.17) is 16.8 Å². The van der Waals surface area contributed by atoms with Crippen molar-refractivity contribution in [2.75, 3.05) is 0 Å². The van der Waals surface area contributed by atoms with Crippen LogP contribution in [0.25, 0.3) is 6.08 Å². The van der Waals surface area contributed by atoms with Crippen molar-refractivity contribution < 1.29 is 18.1 Å². The molecule has 6 heteroatoms. The van der Waals surface area contributed by atoms with Gasteiger partial charge >= 0.3 is 7.82 Å². The van der Waals surface area contributed by atoms with Crippen LogP contribution in [0, 0.1) is 0 Å². The first-order chi connectivity index (χ1) is 6.64. The van der Waals surface area contributed by atoms with Gasteiger partial charge in [0, 0.05) is 0 Å². The first kappa shape index (κ1) is 11.3. The molecule has 1 aromatic rings. The minimum Gasteiger partial charge on any atom is -0.411 e. The Morgan fingerprint density at radius 3 is 2.57 bits per heavy atom. The van der Waals surface area contributed by atoms with Gasteiger partial charge in [-0.1, -0.05) is 30.3 Å². The van der Waals surface area contributed by atoms with Gasteiger partial charge in [-0.15, -0.1) is 0 Å². The van der Waals surface area contributed by atoms with Crippen LogP contribution >= 0.6 is 19.7 Å². The lowest BCUT2D eigenvalue weighted by Crippen LogP contribution is -1.80. The molecule has 0 amide bonds. The third-order valence-corrected chi connectivity index (χ3v) is 2.43. The molecule has 0 aliphatic heterocycles. The Morgan fingerprint density at radius 2 is 2.00 bits per heavy atom. The standard InChI is InChI=1S/C8H8ClO4P/c9-13-14(10,11)12-7-6-8-4-2-1-3-5-8/h1-7H,(H,10,11)/b7-6+. The largest absolute Gasteiger partial charge is 0.543 e. The van der Waals surface area contributed by atoms with E-state index in [1.807, 2.05) is 30.3 Å². The minimum absolute atomic E-state index is 0.835. The molecule has 0 heterocycles. The van der Waals surface area contributed by atoms with E-state index in [0.717, 1.165) is 11.8 Å². The second-order valence-electron chi connectivity index (χ2n) is 2.36. The fourth-order valence-corrected chi connectivity index (χ4v) is 1.11. The molecule has 0 spiro atoms. The molecule has 4 nitrogen and oxygen atoms in total. The van der Waals surface area contributed by atoms with E-state index in [1.165, 1.54) is 6.08 Å². The van der Waals surface area contributed by atoms with Gasteiger partial charge in [0.05, 0.1) is 18.1 Å². The number of benzene rings is 1. The quantitative estimate of drug-likeness (QED) is 0.643. The van der Waals surface area contributed by atoms with Gasteiger partial charge in [0.25, 0.3) is 0 Å². The number of hydrogen-bond acceptors (Lipinski definition) is 3. The van der Waals surface area contributed by atoms with Crippen molar-refractivity contribution >= 4 is 25.8 Å². The Morgan fingerprint density at radius 1 is 1.36 bits per heavy atom. The lowest BCUT2D eigenvalue weighted by atomic mass is 10.2. The van der Waals surface area contributed by atoms with Crippen LogP contribution in [-0.2, 0) is 13.2 Å². The molecule has 1 N–H and O–H groups in total. The average molecular weight is 235 g/mol. The van der Waals surface area contributed by atoms with Crippen LogP contribution in [0.2, 0.25) is 0 Å². The maximum absolute atomic E-state index is 10.7. The fraction of sp³-hybridized carbons (Fsp3) is 0. The average Bonchev–Trinajstić information content (AvgIpc) is 2.19. The summed E-state index contributed by atoms with van der Waals surface area (Å²) < 4.78 is 18.7. The molecule has 0 aromatic heterocycles. The zero-order valence-electron chi connectivity index (χ0n) is 7.04. The van der Waals surface area contributed by atoms with Crippen molar-refractivity contribution in [3.63, 3.8) is 0 Å². The third kappa shape index (κ3) is 3.94. The summed E-state index contributed by atoms with van der Waals surface area (Å²) in [6.45, 7) is 0. The smallest absolute Gasteiger partial charge is 0.411 e. The number of hydrogen-bond donors (Lipinski definition) is 1. The molecule has 0 saturated heterocycles. The number of halogens is 1. The highest BCUT2D eigenvalue weighted by Crippen LogP contribution is 2.44. The second kappa shape index (κ2) is 5.17. The van der Waals surface area contributed by atoms with Crippen LogP contribution in [0.3, 0.4) is 0 Å². The molecule has 1 aromatic carbocycles. The van der Waals surface area contributed by atoms with Crippen molar-refractivity contribution in [2.45, 2.75) is 0 Å². The van der Waals surface area contributed by atoms with Crippen LogP contribution in [0.5, 0.6) is 0 Å². The Balaban J connectivity index is 2.54. The van der Waals surface area contributed by atoms with Gasteiger partial charge in [-0.05, 0) is 11.6 Å². The molecule has 0 saturated carbocycles. The molecular formula is C8H8ClO4P. The molecular weight excluding hydrogens is 227 g/mol. The molecule has 0 aliphatic carbocycles. The first-order valence-electron chi connectivity index (χ1n) is 3.67. The summed E-state index contributed by atoms with van der Waals surface area (Å²) in [7, 11) is -4.13. The summed E-state index contributed by atoms with van der Waals surface area (Å²) in [5.74, 6) is 0. The van der Waals surface area contributed by atoms with Crippen molar-refractivity contribution in [1.82, 2.24) is 0 Å². The summed E-state index contributed by atoms with van der Waals surface area (Å²) in [6, 6.07) is 9.14. The van der Waals surface area contributed by atoms with Crippen LogP contribution in [0.1, 0.15) is 5.56 Å². The molecule has 1 rings (SSSR count). The van der Waals surface area contributed by atoms with Crippen LogP contribution < -0.4 is 0 Å². The van der Waals surface area contributed by atoms with Crippen LogP contribution in [0.15, 0.2) is 36.6 Å². The van der Waals surface area contributed by atoms with Crippen molar-refractivity contribution in [3.05, 3.63) is 42.2 Å². The number of rotatable bonds is 4. The highest BCUT2D eigenvalue weighted by molar-refractivity contribution is 7.48. The monoisotopic (exact) mass is 234 g/mol. The predicted molar refractivity (Wildman–Crippen MR) is 53.3 cm³/mol. The van der Waals surface area contributed by atoms with Crippen LogP contribution in [0.4, 0.5) is 0 Å². The molecule has 1 atom stereocenters. The fourth-order valence-electron chi connectivity index (χ4n) is 0.766. The van der Waals surface area contributed by atoms with E-state index in [1.54, 1.807) is 0 Å². The number of phosphoric acid groups is 1. The van der Waals surface area contributed by atoms with Gasteiger partial charge in [-0.2, -0.15) is 4.08 Å². The van der Waals surface area contributed by atoms with Crippen molar-refractivity contribution in [2.24, 2.45) is 0 Å². The molecule has 0 fully saturated rings. The Bertz CT molecular complexity index is 352. The summed E-state index contributed by atoms with van der Waals surface area (Å²) in [6.07, 6.45) is 2.57. The highest BCUT2D eigenvalue weighted by Gasteiger charge is 2.19. The minimum atomic E-state index is -4.13. The molecule has 1 unspecified atom stereocenters. The zero-order chi connectivity index (χ0) is 10.4. The summed E-state index contributed by atoms with van der Waals surface area (Å²) in [4.78, 5) is 8.73. The van der Waals surface area contributed by atoms with Crippen molar-refractivity contribution in [3.8, 4) is 0 Å². The Kier molecular flexibility index (Phi) is 4.17. The maximum Gasteiger partial charge on any atom is 0.543 e. The Labute approximate surface area is 86.5 Å². The van der Waals surface area contributed by atoms with E-state index in [0.29, 0.717) is 0 Å². The summed E-state index contributed by atoms with van der Waals surface area (Å²) >= 11 is 4.70. The highest BCUT2D eigenvalue weighted by atomic mass is 35.5. The number of phosphoric ester groups is 1. The zero-order valence-corrected chi connectivity index (χ0v) is 8.69. The van der Waals surface area contributed by atoms with E-state index < -0.39 is 7.82 Å². The van der Waals surface area contributed by atoms with Gasteiger partial charge in [0.2, 0.25) is 0 Å².